The molecule has 0 amide bonds. The van der Waals surface area contributed by atoms with Crippen molar-refractivity contribution in [3.05, 3.63) is 29.2 Å². The third-order valence-corrected chi connectivity index (χ3v) is 4.18. The Hall–Kier alpha value is -1.09. The molecule has 1 fully saturated rings. The van der Waals surface area contributed by atoms with Gasteiger partial charge in [0.1, 0.15) is 5.15 Å². The molecule has 0 saturated heterocycles. The van der Waals surface area contributed by atoms with Gasteiger partial charge in [0.25, 0.3) is 0 Å². The Morgan fingerprint density at radius 2 is 2.18 bits per heavy atom. The highest BCUT2D eigenvalue weighted by Crippen LogP contribution is 2.36. The summed E-state index contributed by atoms with van der Waals surface area (Å²) >= 11 is 6.21. The third-order valence-electron chi connectivity index (χ3n) is 3.91. The van der Waals surface area contributed by atoms with E-state index in [1.54, 1.807) is 10.7 Å². The number of nitrogens with zero attached hydrogens (tertiary/aromatic N) is 3. The monoisotopic (exact) mass is 249 g/mol. The van der Waals surface area contributed by atoms with Crippen LogP contribution in [0.25, 0.3) is 5.65 Å². The largest absolute Gasteiger partial charge is 0.233 e. The first-order chi connectivity index (χ1) is 8.25. The van der Waals surface area contributed by atoms with Crippen LogP contribution in [0.4, 0.5) is 0 Å². The SMILES string of the molecule is CC(c1cc(Cl)n2nccc2n1)C1CCCC1. The Bertz CT molecular complexity index is 528. The highest BCUT2D eigenvalue weighted by atomic mass is 35.5. The average Bonchev–Trinajstić information content (AvgIpc) is 2.98. The highest BCUT2D eigenvalue weighted by molar-refractivity contribution is 6.29. The molecule has 1 unspecified atom stereocenters. The predicted octanol–water partition coefficient (Wildman–Crippen LogP) is 3.68. The Kier molecular flexibility index (Phi) is 2.79. The molecule has 1 atom stereocenters. The molecule has 0 aromatic carbocycles. The van der Waals surface area contributed by atoms with Gasteiger partial charge in [-0.2, -0.15) is 5.10 Å². The highest BCUT2D eigenvalue weighted by Gasteiger charge is 2.24. The van der Waals surface area contributed by atoms with Crippen molar-refractivity contribution in [1.29, 1.82) is 0 Å². The maximum Gasteiger partial charge on any atom is 0.156 e. The van der Waals surface area contributed by atoms with Crippen LogP contribution in [0.5, 0.6) is 0 Å². The molecule has 3 rings (SSSR count). The molecule has 0 spiro atoms. The Balaban J connectivity index is 1.98. The van der Waals surface area contributed by atoms with Crippen molar-refractivity contribution in [2.75, 3.05) is 0 Å². The van der Waals surface area contributed by atoms with Gasteiger partial charge < -0.3 is 0 Å². The number of hydrogen-bond donors (Lipinski definition) is 0. The number of rotatable bonds is 2. The van der Waals surface area contributed by atoms with Crippen LogP contribution in [0.15, 0.2) is 18.3 Å². The summed E-state index contributed by atoms with van der Waals surface area (Å²) in [5, 5.41) is 4.79. The number of hydrogen-bond acceptors (Lipinski definition) is 2. The molecule has 17 heavy (non-hydrogen) atoms. The lowest BCUT2D eigenvalue weighted by molar-refractivity contribution is 0.453. The fourth-order valence-corrected chi connectivity index (χ4v) is 3.07. The maximum absolute atomic E-state index is 6.21. The van der Waals surface area contributed by atoms with Crippen LogP contribution in [0.1, 0.15) is 44.2 Å². The fraction of sp³-hybridized carbons (Fsp3) is 0.538. The smallest absolute Gasteiger partial charge is 0.156 e. The van der Waals surface area contributed by atoms with Crippen LogP contribution in [0.2, 0.25) is 5.15 Å². The van der Waals surface area contributed by atoms with E-state index in [0.29, 0.717) is 11.1 Å². The minimum Gasteiger partial charge on any atom is -0.233 e. The molecule has 1 aliphatic rings. The molecule has 0 radical (unpaired) electrons. The lowest BCUT2D eigenvalue weighted by atomic mass is 9.90. The van der Waals surface area contributed by atoms with E-state index in [9.17, 15) is 0 Å². The lowest BCUT2D eigenvalue weighted by Gasteiger charge is -2.18. The van der Waals surface area contributed by atoms with Crippen molar-refractivity contribution >= 4 is 17.2 Å². The van der Waals surface area contributed by atoms with Crippen molar-refractivity contribution in [2.24, 2.45) is 5.92 Å². The zero-order valence-corrected chi connectivity index (χ0v) is 10.7. The topological polar surface area (TPSA) is 30.2 Å². The molecule has 0 aliphatic heterocycles. The summed E-state index contributed by atoms with van der Waals surface area (Å²) in [6.07, 6.45) is 7.10. The molecule has 3 nitrogen and oxygen atoms in total. The first kappa shape index (κ1) is 11.0. The first-order valence-corrected chi connectivity index (χ1v) is 6.63. The molecule has 4 heteroatoms. The summed E-state index contributed by atoms with van der Waals surface area (Å²) in [6, 6.07) is 3.86. The summed E-state index contributed by atoms with van der Waals surface area (Å²) in [7, 11) is 0. The number of fused-ring (bicyclic) bond motifs is 1. The summed E-state index contributed by atoms with van der Waals surface area (Å²) in [5.41, 5.74) is 1.95. The summed E-state index contributed by atoms with van der Waals surface area (Å²) in [6.45, 7) is 2.27. The van der Waals surface area contributed by atoms with Crippen LogP contribution in [-0.4, -0.2) is 14.6 Å². The maximum atomic E-state index is 6.21. The van der Waals surface area contributed by atoms with E-state index in [1.807, 2.05) is 12.1 Å². The van der Waals surface area contributed by atoms with Crippen LogP contribution >= 0.6 is 11.6 Å². The predicted molar refractivity (Wildman–Crippen MR) is 68.4 cm³/mol. The van der Waals surface area contributed by atoms with E-state index >= 15 is 0 Å². The first-order valence-electron chi connectivity index (χ1n) is 6.26. The number of aromatic nitrogens is 3. The summed E-state index contributed by atoms with van der Waals surface area (Å²) in [5.74, 6) is 1.26. The second-order valence-electron chi connectivity index (χ2n) is 4.94. The van der Waals surface area contributed by atoms with Crippen molar-refractivity contribution in [2.45, 2.75) is 38.5 Å². The molecule has 90 valence electrons. The molecular weight excluding hydrogens is 234 g/mol. The van der Waals surface area contributed by atoms with E-state index in [1.165, 1.54) is 25.7 Å². The Morgan fingerprint density at radius 1 is 1.41 bits per heavy atom. The molecule has 0 bridgehead atoms. The van der Waals surface area contributed by atoms with E-state index in [4.69, 9.17) is 11.6 Å². The molecule has 1 saturated carbocycles. The second-order valence-corrected chi connectivity index (χ2v) is 5.33. The molecule has 1 aliphatic carbocycles. The zero-order valence-electron chi connectivity index (χ0n) is 9.93. The van der Waals surface area contributed by atoms with Gasteiger partial charge in [0, 0.05) is 17.7 Å². The minimum atomic E-state index is 0.495. The molecule has 2 heterocycles. The van der Waals surface area contributed by atoms with E-state index in [2.05, 4.69) is 17.0 Å². The minimum absolute atomic E-state index is 0.495. The molecule has 2 aromatic heterocycles. The van der Waals surface area contributed by atoms with Gasteiger partial charge in [-0.3, -0.25) is 0 Å². The second kappa shape index (κ2) is 4.30. The zero-order chi connectivity index (χ0) is 11.8. The standard InChI is InChI=1S/C13H16ClN3/c1-9(10-4-2-3-5-10)11-8-12(14)17-13(16-11)6-7-15-17/h6-10H,2-5H2,1H3. The van der Waals surface area contributed by atoms with Crippen LogP contribution in [-0.2, 0) is 0 Å². The average molecular weight is 250 g/mol. The van der Waals surface area contributed by atoms with Gasteiger partial charge in [-0.25, -0.2) is 9.50 Å². The molecule has 2 aromatic rings. The van der Waals surface area contributed by atoms with Crippen molar-refractivity contribution in [3.63, 3.8) is 0 Å². The van der Waals surface area contributed by atoms with E-state index in [0.717, 1.165) is 17.3 Å². The Morgan fingerprint density at radius 3 is 2.94 bits per heavy atom. The van der Waals surface area contributed by atoms with Crippen molar-refractivity contribution in [1.82, 2.24) is 14.6 Å². The van der Waals surface area contributed by atoms with Gasteiger partial charge in [0.05, 0.1) is 6.20 Å². The van der Waals surface area contributed by atoms with Gasteiger partial charge in [-0.15, -0.1) is 0 Å². The van der Waals surface area contributed by atoms with Gasteiger partial charge in [0.15, 0.2) is 5.65 Å². The fourth-order valence-electron chi connectivity index (χ4n) is 2.83. The van der Waals surface area contributed by atoms with Crippen molar-refractivity contribution < 1.29 is 0 Å². The van der Waals surface area contributed by atoms with E-state index < -0.39 is 0 Å². The lowest BCUT2D eigenvalue weighted by Crippen LogP contribution is -2.09. The number of halogens is 1. The van der Waals surface area contributed by atoms with Gasteiger partial charge in [0.2, 0.25) is 0 Å². The van der Waals surface area contributed by atoms with Gasteiger partial charge in [-0.1, -0.05) is 31.4 Å². The quantitative estimate of drug-likeness (QED) is 0.760. The van der Waals surface area contributed by atoms with Gasteiger partial charge in [-0.05, 0) is 24.8 Å². The van der Waals surface area contributed by atoms with Crippen LogP contribution < -0.4 is 0 Å². The van der Waals surface area contributed by atoms with Gasteiger partial charge >= 0.3 is 0 Å². The van der Waals surface area contributed by atoms with E-state index in [-0.39, 0.29) is 0 Å². The van der Waals surface area contributed by atoms with Crippen LogP contribution in [0, 0.1) is 5.92 Å². The normalized spacial score (nSPS) is 18.9. The van der Waals surface area contributed by atoms with Crippen molar-refractivity contribution in [3.8, 4) is 0 Å². The van der Waals surface area contributed by atoms with Crippen LogP contribution in [0.3, 0.4) is 0 Å². The molecule has 0 N–H and O–H groups in total. The third kappa shape index (κ3) is 1.93. The Labute approximate surface area is 106 Å². The summed E-state index contributed by atoms with van der Waals surface area (Å²) in [4.78, 5) is 4.66. The summed E-state index contributed by atoms with van der Waals surface area (Å²) < 4.78 is 1.67. The molecular formula is C13H16ClN3.